The van der Waals surface area contributed by atoms with E-state index in [1.807, 2.05) is 23.6 Å². The minimum atomic E-state index is -0.907. The van der Waals surface area contributed by atoms with Gasteiger partial charge in [0.1, 0.15) is 0 Å². The Morgan fingerprint density at radius 3 is 2.77 bits per heavy atom. The number of nitrogens with one attached hydrogen (secondary N) is 1. The van der Waals surface area contributed by atoms with Crippen molar-refractivity contribution in [1.82, 2.24) is 5.32 Å². The van der Waals surface area contributed by atoms with E-state index < -0.39 is 11.5 Å². The van der Waals surface area contributed by atoms with Crippen LogP contribution in [0, 0.1) is 0 Å². The molecule has 3 rings (SSSR count). The lowest BCUT2D eigenvalue weighted by Gasteiger charge is -2.36. The van der Waals surface area contributed by atoms with E-state index >= 15 is 0 Å². The Hall–Kier alpha value is -1.92. The van der Waals surface area contributed by atoms with Crippen LogP contribution in [0.4, 0.5) is 0 Å². The zero-order valence-corrected chi connectivity index (χ0v) is 12.8. The summed E-state index contributed by atoms with van der Waals surface area (Å²) in [5.74, 6) is -1.13. The summed E-state index contributed by atoms with van der Waals surface area (Å²) in [6, 6.07) is 7.51. The van der Waals surface area contributed by atoms with Crippen molar-refractivity contribution in [2.24, 2.45) is 0 Å². The molecule has 0 radical (unpaired) electrons. The Balaban J connectivity index is 1.81. The number of benzene rings is 1. The molecule has 1 aliphatic rings. The molecule has 22 heavy (non-hydrogen) atoms. The van der Waals surface area contributed by atoms with Crippen LogP contribution in [-0.4, -0.2) is 35.7 Å². The number of fused-ring (bicyclic) bond motifs is 1. The normalized spacial score (nSPS) is 17.3. The summed E-state index contributed by atoms with van der Waals surface area (Å²) >= 11 is 1.63. The van der Waals surface area contributed by atoms with Crippen LogP contribution in [-0.2, 0) is 9.53 Å². The average Bonchev–Trinajstić information content (AvgIpc) is 2.94. The molecule has 1 fully saturated rings. The monoisotopic (exact) mass is 319 g/mol. The Morgan fingerprint density at radius 2 is 2.05 bits per heavy atom. The summed E-state index contributed by atoms with van der Waals surface area (Å²) in [6.07, 6.45) is 0.959. The van der Waals surface area contributed by atoms with E-state index in [2.05, 4.69) is 5.32 Å². The predicted molar refractivity (Wildman–Crippen MR) is 84.3 cm³/mol. The van der Waals surface area contributed by atoms with Gasteiger partial charge >= 0.3 is 5.97 Å². The molecule has 0 bridgehead atoms. The predicted octanol–water partition coefficient (Wildman–Crippen LogP) is 2.66. The zero-order valence-electron chi connectivity index (χ0n) is 12.0. The lowest BCUT2D eigenvalue weighted by atomic mass is 9.86. The van der Waals surface area contributed by atoms with Gasteiger partial charge in [-0.05, 0) is 47.9 Å². The molecule has 1 aliphatic heterocycles. The lowest BCUT2D eigenvalue weighted by Crippen LogP contribution is -2.53. The number of carbonyl (C=O) groups is 2. The van der Waals surface area contributed by atoms with Crippen molar-refractivity contribution in [3.63, 3.8) is 0 Å². The number of carboxylic acids is 1. The maximum absolute atomic E-state index is 12.5. The van der Waals surface area contributed by atoms with Crippen molar-refractivity contribution in [3.05, 3.63) is 35.2 Å². The Labute approximate surface area is 131 Å². The van der Waals surface area contributed by atoms with Crippen LogP contribution in [0.15, 0.2) is 29.6 Å². The first kappa shape index (κ1) is 15.0. The zero-order chi connectivity index (χ0) is 15.6. The van der Waals surface area contributed by atoms with Crippen LogP contribution in [0.5, 0.6) is 0 Å². The van der Waals surface area contributed by atoms with Crippen LogP contribution >= 0.6 is 11.3 Å². The summed E-state index contributed by atoms with van der Waals surface area (Å²) in [7, 11) is 0. The number of amides is 1. The van der Waals surface area contributed by atoms with Gasteiger partial charge in [-0.1, -0.05) is 0 Å². The summed E-state index contributed by atoms with van der Waals surface area (Å²) in [6.45, 7) is 0.939. The van der Waals surface area contributed by atoms with E-state index in [0.717, 1.165) is 10.1 Å². The van der Waals surface area contributed by atoms with Crippen LogP contribution < -0.4 is 5.32 Å². The highest BCUT2D eigenvalue weighted by atomic mass is 32.1. The maximum Gasteiger partial charge on any atom is 0.305 e. The molecule has 0 unspecified atom stereocenters. The quantitative estimate of drug-likeness (QED) is 0.908. The first-order valence-corrected chi connectivity index (χ1v) is 8.05. The topological polar surface area (TPSA) is 75.6 Å². The minimum Gasteiger partial charge on any atom is -0.481 e. The van der Waals surface area contributed by atoms with E-state index in [-0.39, 0.29) is 12.3 Å². The number of rotatable bonds is 4. The number of carboxylic acid groups (broad SMARTS) is 1. The fourth-order valence-corrected chi connectivity index (χ4v) is 3.59. The number of thiophene rings is 1. The summed E-state index contributed by atoms with van der Waals surface area (Å²) in [5, 5.41) is 15.1. The SMILES string of the molecule is O=C(O)CC1(NC(=O)c2ccc3sccc3c2)CCOCC1. The third kappa shape index (κ3) is 3.13. The van der Waals surface area contributed by atoms with Gasteiger partial charge in [-0.15, -0.1) is 11.3 Å². The summed E-state index contributed by atoms with van der Waals surface area (Å²) < 4.78 is 6.43. The number of hydrogen-bond donors (Lipinski definition) is 2. The van der Waals surface area contributed by atoms with Crippen molar-refractivity contribution in [2.45, 2.75) is 24.8 Å². The van der Waals surface area contributed by atoms with E-state index in [4.69, 9.17) is 9.84 Å². The highest BCUT2D eigenvalue weighted by Crippen LogP contribution is 2.26. The number of ether oxygens (including phenoxy) is 1. The summed E-state index contributed by atoms with van der Waals surface area (Å²) in [5.41, 5.74) is -0.160. The third-order valence-corrected chi connectivity index (χ3v) is 4.93. The fraction of sp³-hybridized carbons (Fsp3) is 0.375. The molecule has 116 valence electrons. The molecule has 0 spiro atoms. The molecular weight excluding hydrogens is 302 g/mol. The highest BCUT2D eigenvalue weighted by molar-refractivity contribution is 7.17. The van der Waals surface area contributed by atoms with Crippen LogP contribution in [0.2, 0.25) is 0 Å². The Morgan fingerprint density at radius 1 is 1.27 bits per heavy atom. The standard InChI is InChI=1S/C16H17NO4S/c18-14(19)10-16(4-6-21-7-5-16)17-15(20)12-1-2-13-11(9-12)3-8-22-13/h1-3,8-9H,4-7,10H2,(H,17,20)(H,18,19). The second-order valence-corrected chi connectivity index (χ2v) is 6.54. The smallest absolute Gasteiger partial charge is 0.305 e. The molecule has 0 saturated carbocycles. The van der Waals surface area contributed by atoms with E-state index in [1.165, 1.54) is 0 Å². The van der Waals surface area contributed by atoms with E-state index in [9.17, 15) is 9.59 Å². The molecule has 1 amide bonds. The van der Waals surface area contributed by atoms with Gasteiger partial charge in [0.15, 0.2) is 0 Å². The van der Waals surface area contributed by atoms with E-state index in [0.29, 0.717) is 31.6 Å². The van der Waals surface area contributed by atoms with E-state index in [1.54, 1.807) is 17.4 Å². The van der Waals surface area contributed by atoms with Crippen molar-refractivity contribution in [3.8, 4) is 0 Å². The second-order valence-electron chi connectivity index (χ2n) is 5.59. The van der Waals surface area contributed by atoms with Crippen molar-refractivity contribution in [2.75, 3.05) is 13.2 Å². The molecule has 5 nitrogen and oxygen atoms in total. The molecule has 1 aromatic carbocycles. The van der Waals surface area contributed by atoms with Gasteiger partial charge in [-0.25, -0.2) is 0 Å². The van der Waals surface area contributed by atoms with Crippen molar-refractivity contribution >= 4 is 33.3 Å². The number of aliphatic carboxylic acids is 1. The largest absolute Gasteiger partial charge is 0.481 e. The first-order valence-electron chi connectivity index (χ1n) is 7.17. The molecule has 0 aliphatic carbocycles. The minimum absolute atomic E-state index is 0.0806. The van der Waals surface area contributed by atoms with Gasteiger partial charge in [-0.2, -0.15) is 0 Å². The van der Waals surface area contributed by atoms with Gasteiger partial charge in [-0.3, -0.25) is 9.59 Å². The van der Waals surface area contributed by atoms with Crippen LogP contribution in [0.25, 0.3) is 10.1 Å². The molecule has 2 N–H and O–H groups in total. The third-order valence-electron chi connectivity index (χ3n) is 4.03. The molecular formula is C16H17NO4S. The van der Waals surface area contributed by atoms with Crippen molar-refractivity contribution < 1.29 is 19.4 Å². The molecule has 2 aromatic rings. The van der Waals surface area contributed by atoms with Crippen LogP contribution in [0.3, 0.4) is 0 Å². The Kier molecular flexibility index (Phi) is 4.13. The fourth-order valence-electron chi connectivity index (χ4n) is 2.82. The van der Waals surface area contributed by atoms with Gasteiger partial charge in [0.25, 0.3) is 5.91 Å². The lowest BCUT2D eigenvalue weighted by molar-refractivity contribution is -0.139. The summed E-state index contributed by atoms with van der Waals surface area (Å²) in [4.78, 5) is 23.7. The molecule has 1 aromatic heterocycles. The first-order chi connectivity index (χ1) is 10.6. The van der Waals surface area contributed by atoms with Gasteiger partial charge in [0, 0.05) is 23.5 Å². The van der Waals surface area contributed by atoms with Crippen LogP contribution in [0.1, 0.15) is 29.6 Å². The average molecular weight is 319 g/mol. The maximum atomic E-state index is 12.5. The van der Waals surface area contributed by atoms with Gasteiger partial charge in [0.05, 0.1) is 12.0 Å². The molecule has 1 saturated heterocycles. The van der Waals surface area contributed by atoms with Gasteiger partial charge in [0.2, 0.25) is 0 Å². The Bertz CT molecular complexity index is 703. The number of hydrogen-bond acceptors (Lipinski definition) is 4. The second kappa shape index (κ2) is 6.06. The number of carbonyl (C=O) groups excluding carboxylic acids is 1. The van der Waals surface area contributed by atoms with Crippen molar-refractivity contribution in [1.29, 1.82) is 0 Å². The highest BCUT2D eigenvalue weighted by Gasteiger charge is 2.36. The molecule has 6 heteroatoms. The van der Waals surface area contributed by atoms with Gasteiger partial charge < -0.3 is 15.2 Å². The molecule has 2 heterocycles. The molecule has 0 atom stereocenters.